The molecule has 1 aliphatic carbocycles. The second-order valence-corrected chi connectivity index (χ2v) is 5.55. The van der Waals surface area contributed by atoms with E-state index in [0.29, 0.717) is 23.6 Å². The number of carbonyl (C=O) groups excluding carboxylic acids is 1. The number of aliphatic hydroxyl groups excluding tert-OH is 1. The fourth-order valence-electron chi connectivity index (χ4n) is 2.48. The first kappa shape index (κ1) is 16.2. The summed E-state index contributed by atoms with van der Waals surface area (Å²) in [5.41, 5.74) is 0.340. The van der Waals surface area contributed by atoms with Gasteiger partial charge in [-0.2, -0.15) is 0 Å². The summed E-state index contributed by atoms with van der Waals surface area (Å²) in [6.45, 7) is 0.733. The Kier molecular flexibility index (Phi) is 5.29. The summed E-state index contributed by atoms with van der Waals surface area (Å²) in [5.74, 6) is 3.15. The van der Waals surface area contributed by atoms with Crippen molar-refractivity contribution in [2.45, 2.75) is 19.3 Å². The van der Waals surface area contributed by atoms with Gasteiger partial charge in [0.2, 0.25) is 0 Å². The molecular formula is C17H21NO4. The van der Waals surface area contributed by atoms with Crippen LogP contribution in [0.1, 0.15) is 29.6 Å². The zero-order valence-corrected chi connectivity index (χ0v) is 12.7. The summed E-state index contributed by atoms with van der Waals surface area (Å²) in [4.78, 5) is 12.2. The second-order valence-electron chi connectivity index (χ2n) is 5.55. The lowest BCUT2D eigenvalue weighted by atomic mass is 9.69. The highest BCUT2D eigenvalue weighted by molar-refractivity contribution is 5.94. The lowest BCUT2D eigenvalue weighted by Crippen LogP contribution is -2.44. The Bertz CT molecular complexity index is 567. The van der Waals surface area contributed by atoms with Gasteiger partial charge in [0.1, 0.15) is 6.61 Å². The van der Waals surface area contributed by atoms with Gasteiger partial charge in [0.05, 0.1) is 13.7 Å². The van der Waals surface area contributed by atoms with Crippen LogP contribution in [0.4, 0.5) is 0 Å². The largest absolute Gasteiger partial charge is 0.493 e. The van der Waals surface area contributed by atoms with Crippen molar-refractivity contribution in [1.29, 1.82) is 0 Å². The van der Waals surface area contributed by atoms with Crippen LogP contribution in [0.2, 0.25) is 0 Å². The van der Waals surface area contributed by atoms with Crippen LogP contribution in [-0.2, 0) is 0 Å². The predicted octanol–water partition coefficient (Wildman–Crippen LogP) is 1.60. The average molecular weight is 303 g/mol. The quantitative estimate of drug-likeness (QED) is 0.751. The topological polar surface area (TPSA) is 67.8 Å². The molecule has 0 spiro atoms. The molecule has 1 aromatic carbocycles. The normalized spacial score (nSPS) is 15.3. The van der Waals surface area contributed by atoms with Crippen LogP contribution in [0.25, 0.3) is 0 Å². The Morgan fingerprint density at radius 3 is 2.77 bits per heavy atom. The van der Waals surface area contributed by atoms with Crippen molar-refractivity contribution in [3.63, 3.8) is 0 Å². The highest BCUT2D eigenvalue weighted by Gasteiger charge is 2.36. The number of amides is 1. The number of carbonyl (C=O) groups is 1. The fraction of sp³-hybridized carbons (Fsp3) is 0.471. The van der Waals surface area contributed by atoms with E-state index < -0.39 is 0 Å². The highest BCUT2D eigenvalue weighted by Crippen LogP contribution is 2.39. The Balaban J connectivity index is 2.02. The van der Waals surface area contributed by atoms with Gasteiger partial charge in [0, 0.05) is 17.5 Å². The summed E-state index contributed by atoms with van der Waals surface area (Å²) in [7, 11) is 1.51. The third-order valence-electron chi connectivity index (χ3n) is 4.11. The van der Waals surface area contributed by atoms with Gasteiger partial charge >= 0.3 is 0 Å². The molecule has 0 atom stereocenters. The summed E-state index contributed by atoms with van der Waals surface area (Å²) in [5, 5.41) is 12.3. The summed E-state index contributed by atoms with van der Waals surface area (Å²) >= 11 is 0. The number of benzene rings is 1. The van der Waals surface area contributed by atoms with Crippen LogP contribution in [0, 0.1) is 17.8 Å². The number of methoxy groups -OCH3 is 1. The van der Waals surface area contributed by atoms with Crippen molar-refractivity contribution >= 4 is 5.91 Å². The van der Waals surface area contributed by atoms with E-state index in [1.807, 2.05) is 0 Å². The van der Waals surface area contributed by atoms with Gasteiger partial charge in [0.25, 0.3) is 5.91 Å². The number of nitrogens with one attached hydrogen (secondary N) is 1. The van der Waals surface area contributed by atoms with Crippen molar-refractivity contribution in [2.75, 3.05) is 26.9 Å². The number of hydrogen-bond acceptors (Lipinski definition) is 4. The average Bonchev–Trinajstić information content (AvgIpc) is 2.51. The van der Waals surface area contributed by atoms with Crippen molar-refractivity contribution < 1.29 is 19.4 Å². The van der Waals surface area contributed by atoms with Crippen LogP contribution in [0.3, 0.4) is 0 Å². The number of hydrogen-bond donors (Lipinski definition) is 2. The predicted molar refractivity (Wildman–Crippen MR) is 83.0 cm³/mol. The molecule has 0 radical (unpaired) electrons. The van der Waals surface area contributed by atoms with Crippen molar-refractivity contribution in [1.82, 2.24) is 5.32 Å². The molecule has 1 aliphatic rings. The first-order valence-electron chi connectivity index (χ1n) is 7.27. The number of rotatable bonds is 7. The van der Waals surface area contributed by atoms with Gasteiger partial charge in [-0.15, -0.1) is 6.42 Å². The van der Waals surface area contributed by atoms with Gasteiger partial charge in [-0.25, -0.2) is 0 Å². The Morgan fingerprint density at radius 1 is 1.45 bits per heavy atom. The first-order valence-corrected chi connectivity index (χ1v) is 7.27. The van der Waals surface area contributed by atoms with Gasteiger partial charge in [-0.05, 0) is 31.0 Å². The third kappa shape index (κ3) is 3.52. The lowest BCUT2D eigenvalue weighted by Gasteiger charge is -2.40. The van der Waals surface area contributed by atoms with Crippen LogP contribution in [-0.4, -0.2) is 37.9 Å². The summed E-state index contributed by atoms with van der Waals surface area (Å²) in [6, 6.07) is 4.94. The molecular weight excluding hydrogens is 282 g/mol. The smallest absolute Gasteiger partial charge is 0.251 e. The maximum absolute atomic E-state index is 12.2. The minimum absolute atomic E-state index is 0.107. The molecule has 5 heteroatoms. The molecule has 0 heterocycles. The minimum Gasteiger partial charge on any atom is -0.493 e. The van der Waals surface area contributed by atoms with E-state index in [2.05, 4.69) is 11.2 Å². The molecule has 1 amide bonds. The van der Waals surface area contributed by atoms with E-state index in [9.17, 15) is 9.90 Å². The third-order valence-corrected chi connectivity index (χ3v) is 4.11. The van der Waals surface area contributed by atoms with Gasteiger partial charge < -0.3 is 19.9 Å². The highest BCUT2D eigenvalue weighted by atomic mass is 16.5. The van der Waals surface area contributed by atoms with Crippen LogP contribution in [0.5, 0.6) is 11.5 Å². The summed E-state index contributed by atoms with van der Waals surface area (Å²) < 4.78 is 10.6. The Hall–Kier alpha value is -2.19. The molecule has 22 heavy (non-hydrogen) atoms. The van der Waals surface area contributed by atoms with E-state index in [1.54, 1.807) is 18.2 Å². The molecule has 1 aromatic rings. The van der Waals surface area contributed by atoms with Gasteiger partial charge in [-0.3, -0.25) is 4.79 Å². The molecule has 0 bridgehead atoms. The van der Waals surface area contributed by atoms with E-state index in [0.717, 1.165) is 19.3 Å². The Labute approximate surface area is 130 Å². The van der Waals surface area contributed by atoms with Crippen molar-refractivity contribution in [3.05, 3.63) is 23.8 Å². The molecule has 0 aromatic heterocycles. The van der Waals surface area contributed by atoms with Gasteiger partial charge in [-0.1, -0.05) is 12.3 Å². The van der Waals surface area contributed by atoms with Crippen molar-refractivity contribution in [2.24, 2.45) is 5.41 Å². The SMILES string of the molecule is C#CCOc1ccc(C(=O)NCC2(CO)CCC2)cc1OC. The van der Waals surface area contributed by atoms with E-state index >= 15 is 0 Å². The Morgan fingerprint density at radius 2 is 2.23 bits per heavy atom. The molecule has 2 N–H and O–H groups in total. The first-order chi connectivity index (χ1) is 10.6. The second kappa shape index (κ2) is 7.19. The van der Waals surface area contributed by atoms with Crippen LogP contribution >= 0.6 is 0 Å². The molecule has 118 valence electrons. The monoisotopic (exact) mass is 303 g/mol. The molecule has 2 rings (SSSR count). The molecule has 5 nitrogen and oxygen atoms in total. The zero-order valence-electron chi connectivity index (χ0n) is 12.7. The molecule has 0 aliphatic heterocycles. The fourth-order valence-corrected chi connectivity index (χ4v) is 2.48. The minimum atomic E-state index is -0.193. The number of ether oxygens (including phenoxy) is 2. The van der Waals surface area contributed by atoms with E-state index in [4.69, 9.17) is 15.9 Å². The van der Waals surface area contributed by atoms with E-state index in [-0.39, 0.29) is 24.5 Å². The maximum Gasteiger partial charge on any atom is 0.251 e. The lowest BCUT2D eigenvalue weighted by molar-refractivity contribution is 0.0429. The summed E-state index contributed by atoms with van der Waals surface area (Å²) in [6.07, 6.45) is 8.16. The molecule has 1 saturated carbocycles. The zero-order chi connectivity index (χ0) is 16.0. The van der Waals surface area contributed by atoms with Gasteiger partial charge in [0.15, 0.2) is 11.5 Å². The van der Waals surface area contributed by atoms with Crippen molar-refractivity contribution in [3.8, 4) is 23.8 Å². The van der Waals surface area contributed by atoms with Crippen LogP contribution < -0.4 is 14.8 Å². The maximum atomic E-state index is 12.2. The molecule has 1 fully saturated rings. The molecule has 0 unspecified atom stereocenters. The van der Waals surface area contributed by atoms with E-state index in [1.165, 1.54) is 7.11 Å². The number of aliphatic hydroxyl groups is 1. The standard InChI is InChI=1S/C17H21NO4/c1-3-9-22-14-6-5-13(10-15(14)21-2)16(20)18-11-17(12-19)7-4-8-17/h1,5-6,10,19H,4,7-9,11-12H2,2H3,(H,18,20). The van der Waals surface area contributed by atoms with Crippen LogP contribution in [0.15, 0.2) is 18.2 Å². The number of terminal acetylenes is 1. The molecule has 0 saturated heterocycles.